The van der Waals surface area contributed by atoms with E-state index in [0.29, 0.717) is 10.3 Å². The molecule has 0 aliphatic heterocycles. The smallest absolute Gasteiger partial charge is 0.246 e. The SMILES string of the molecule is CC(C)OCCNC(=O)CNC(=O)C(c1nc2cc(F)cc(-c3ccc(F)nc3)c2s1)S(=O)(=O)c1ccc(F)cc1. The van der Waals surface area contributed by atoms with Crippen molar-refractivity contribution in [3.05, 3.63) is 77.3 Å². The second kappa shape index (κ2) is 12.7. The molecule has 0 saturated heterocycles. The fourth-order valence-corrected chi connectivity index (χ4v) is 6.89. The molecule has 0 radical (unpaired) electrons. The average Bonchev–Trinajstić information content (AvgIpc) is 3.33. The normalized spacial score (nSPS) is 12.4. The third-order valence-corrected chi connectivity index (χ3v) is 9.03. The van der Waals surface area contributed by atoms with Crippen molar-refractivity contribution in [2.24, 2.45) is 0 Å². The topological polar surface area (TPSA) is 127 Å². The van der Waals surface area contributed by atoms with E-state index in [9.17, 15) is 31.2 Å². The third kappa shape index (κ3) is 7.26. The molecule has 41 heavy (non-hydrogen) atoms. The van der Waals surface area contributed by atoms with Crippen molar-refractivity contribution in [2.75, 3.05) is 19.7 Å². The first-order chi connectivity index (χ1) is 19.5. The summed E-state index contributed by atoms with van der Waals surface area (Å²) in [5.74, 6) is -3.77. The van der Waals surface area contributed by atoms with Gasteiger partial charge in [-0.3, -0.25) is 9.59 Å². The molecule has 2 aromatic heterocycles. The number of sulfone groups is 1. The molecule has 0 aliphatic carbocycles. The molecule has 2 N–H and O–H groups in total. The summed E-state index contributed by atoms with van der Waals surface area (Å²) < 4.78 is 74.5. The number of carbonyl (C=O) groups is 2. The van der Waals surface area contributed by atoms with Gasteiger partial charge in [0, 0.05) is 29.9 Å². The molecular weight excluding hydrogens is 581 g/mol. The zero-order valence-corrected chi connectivity index (χ0v) is 23.5. The lowest BCUT2D eigenvalue weighted by Gasteiger charge is -2.16. The highest BCUT2D eigenvalue weighted by molar-refractivity contribution is 7.92. The van der Waals surface area contributed by atoms with Gasteiger partial charge in [-0.15, -0.1) is 11.3 Å². The fraction of sp³-hybridized carbons (Fsp3) is 0.259. The van der Waals surface area contributed by atoms with Crippen molar-refractivity contribution >= 4 is 43.2 Å². The maximum Gasteiger partial charge on any atom is 0.246 e. The number of aromatic nitrogens is 2. The number of ether oxygens (including phenoxy) is 1. The van der Waals surface area contributed by atoms with Crippen LogP contribution < -0.4 is 10.6 Å². The first kappa shape index (κ1) is 30.1. The lowest BCUT2D eigenvalue weighted by molar-refractivity contribution is -0.126. The van der Waals surface area contributed by atoms with E-state index in [2.05, 4.69) is 20.6 Å². The van der Waals surface area contributed by atoms with Crippen LogP contribution in [-0.4, -0.2) is 56.0 Å². The van der Waals surface area contributed by atoms with E-state index in [1.165, 1.54) is 12.3 Å². The van der Waals surface area contributed by atoms with Gasteiger partial charge >= 0.3 is 0 Å². The molecule has 1 unspecified atom stereocenters. The first-order valence-corrected chi connectivity index (χ1v) is 14.7. The van der Waals surface area contributed by atoms with Crippen LogP contribution in [0.5, 0.6) is 0 Å². The van der Waals surface area contributed by atoms with Crippen LogP contribution in [0.4, 0.5) is 13.2 Å². The van der Waals surface area contributed by atoms with E-state index in [-0.39, 0.29) is 40.2 Å². The monoisotopic (exact) mass is 606 g/mol. The number of hydrogen-bond donors (Lipinski definition) is 2. The molecule has 2 aromatic carbocycles. The summed E-state index contributed by atoms with van der Waals surface area (Å²) in [7, 11) is -4.53. The van der Waals surface area contributed by atoms with Crippen molar-refractivity contribution in [3.63, 3.8) is 0 Å². The molecule has 14 heteroatoms. The molecule has 0 saturated carbocycles. The minimum absolute atomic E-state index is 0.0360. The zero-order chi connectivity index (χ0) is 29.7. The number of fused-ring (bicyclic) bond motifs is 1. The molecule has 216 valence electrons. The zero-order valence-electron chi connectivity index (χ0n) is 21.9. The first-order valence-electron chi connectivity index (χ1n) is 12.3. The summed E-state index contributed by atoms with van der Waals surface area (Å²) in [6.45, 7) is 3.54. The third-order valence-electron chi connectivity index (χ3n) is 5.72. The maximum absolute atomic E-state index is 14.5. The number of amides is 2. The van der Waals surface area contributed by atoms with Crippen molar-refractivity contribution in [2.45, 2.75) is 30.1 Å². The Balaban J connectivity index is 1.70. The molecule has 0 spiro atoms. The molecule has 0 aliphatic rings. The highest BCUT2D eigenvalue weighted by Gasteiger charge is 2.39. The quantitative estimate of drug-likeness (QED) is 0.150. The van der Waals surface area contributed by atoms with E-state index in [0.717, 1.165) is 53.8 Å². The summed E-state index contributed by atoms with van der Waals surface area (Å²) in [6.07, 6.45) is 1.15. The summed E-state index contributed by atoms with van der Waals surface area (Å²) in [5, 5.41) is 2.70. The van der Waals surface area contributed by atoms with Gasteiger partial charge in [0.15, 0.2) is 15.1 Å². The number of carbonyl (C=O) groups excluding carboxylic acids is 2. The number of benzene rings is 2. The second-order valence-electron chi connectivity index (χ2n) is 9.09. The molecule has 0 bridgehead atoms. The Morgan fingerprint density at radius 3 is 2.39 bits per heavy atom. The van der Waals surface area contributed by atoms with Gasteiger partial charge in [0.25, 0.3) is 0 Å². The van der Waals surface area contributed by atoms with E-state index in [1.54, 1.807) is 0 Å². The van der Waals surface area contributed by atoms with Crippen molar-refractivity contribution in [1.82, 2.24) is 20.6 Å². The highest BCUT2D eigenvalue weighted by Crippen LogP contribution is 2.39. The van der Waals surface area contributed by atoms with Crippen molar-refractivity contribution < 1.29 is 35.9 Å². The van der Waals surface area contributed by atoms with Gasteiger partial charge in [-0.25, -0.2) is 27.2 Å². The van der Waals surface area contributed by atoms with Crippen LogP contribution in [0.25, 0.3) is 21.3 Å². The Hall–Kier alpha value is -3.88. The van der Waals surface area contributed by atoms with E-state index in [4.69, 9.17) is 4.74 Å². The van der Waals surface area contributed by atoms with Gasteiger partial charge in [0.1, 0.15) is 16.6 Å². The van der Waals surface area contributed by atoms with Gasteiger partial charge in [0.05, 0.1) is 34.4 Å². The largest absolute Gasteiger partial charge is 0.377 e. The lowest BCUT2D eigenvalue weighted by Crippen LogP contribution is -2.41. The Morgan fingerprint density at radius 1 is 1.00 bits per heavy atom. The highest BCUT2D eigenvalue weighted by atomic mass is 32.2. The molecule has 9 nitrogen and oxygen atoms in total. The molecule has 2 amide bonds. The van der Waals surface area contributed by atoms with Crippen LogP contribution in [0.2, 0.25) is 0 Å². The standard InChI is InChI=1S/C27H25F3N4O5S2/c1-15(2)39-10-9-31-23(35)14-33-26(36)25(41(37,38)19-6-4-17(28)5-7-19)27-34-21-12-18(29)11-20(24(21)40-27)16-3-8-22(30)32-13-16/h3-8,11-13,15,25H,9-10,14H2,1-2H3,(H,31,35)(H,33,36). The predicted molar refractivity (Wildman–Crippen MR) is 146 cm³/mol. The molecule has 2 heterocycles. The van der Waals surface area contributed by atoms with Crippen LogP contribution in [-0.2, 0) is 24.2 Å². The average molecular weight is 607 g/mol. The molecular formula is C27H25F3N4O5S2. The fourth-order valence-electron chi connectivity index (χ4n) is 3.83. The predicted octanol–water partition coefficient (Wildman–Crippen LogP) is 3.95. The number of nitrogens with one attached hydrogen (secondary N) is 2. The van der Waals surface area contributed by atoms with E-state index < -0.39 is 51.0 Å². The van der Waals surface area contributed by atoms with Crippen molar-refractivity contribution in [1.29, 1.82) is 0 Å². The summed E-state index contributed by atoms with van der Waals surface area (Å²) in [6, 6.07) is 8.58. The molecule has 1 atom stereocenters. The minimum Gasteiger partial charge on any atom is -0.377 e. The Bertz CT molecular complexity index is 1660. The van der Waals surface area contributed by atoms with Gasteiger partial charge in [-0.1, -0.05) is 0 Å². The van der Waals surface area contributed by atoms with Gasteiger partial charge in [-0.05, 0) is 56.3 Å². The second-order valence-corrected chi connectivity index (χ2v) is 12.2. The van der Waals surface area contributed by atoms with Crippen LogP contribution in [0.3, 0.4) is 0 Å². The van der Waals surface area contributed by atoms with Crippen molar-refractivity contribution in [3.8, 4) is 11.1 Å². The van der Waals surface area contributed by atoms with Gasteiger partial charge in [0.2, 0.25) is 17.8 Å². The Morgan fingerprint density at radius 2 is 1.73 bits per heavy atom. The van der Waals surface area contributed by atoms with E-state index >= 15 is 0 Å². The van der Waals surface area contributed by atoms with Crippen LogP contribution in [0, 0.1) is 17.6 Å². The van der Waals surface area contributed by atoms with Gasteiger partial charge < -0.3 is 15.4 Å². The summed E-state index contributed by atoms with van der Waals surface area (Å²) in [5.41, 5.74) is 0.656. The van der Waals surface area contributed by atoms with E-state index in [1.807, 2.05) is 13.8 Å². The number of thiazole rings is 1. The molecule has 4 rings (SSSR count). The number of halogens is 3. The van der Waals surface area contributed by atoms with Gasteiger partial charge in [-0.2, -0.15) is 4.39 Å². The Kier molecular flexibility index (Phi) is 9.35. The maximum atomic E-state index is 14.5. The van der Waals surface area contributed by atoms with Crippen LogP contribution in [0.15, 0.2) is 59.6 Å². The van der Waals surface area contributed by atoms with Crippen LogP contribution >= 0.6 is 11.3 Å². The minimum atomic E-state index is -4.53. The number of rotatable bonds is 11. The lowest BCUT2D eigenvalue weighted by atomic mass is 10.1. The summed E-state index contributed by atoms with van der Waals surface area (Å²) in [4.78, 5) is 33.1. The Labute approximate surface area is 237 Å². The number of nitrogens with zero attached hydrogens (tertiary/aromatic N) is 2. The summed E-state index contributed by atoms with van der Waals surface area (Å²) >= 11 is 0.816. The number of hydrogen-bond acceptors (Lipinski definition) is 8. The number of pyridine rings is 1. The van der Waals surface area contributed by atoms with Crippen LogP contribution in [0.1, 0.15) is 24.1 Å². The molecule has 0 fully saturated rings. The molecule has 4 aromatic rings.